The molecule has 0 radical (unpaired) electrons. The monoisotopic (exact) mass is 446 g/mol. The van der Waals surface area contributed by atoms with Crippen LogP contribution in [0.3, 0.4) is 0 Å². The summed E-state index contributed by atoms with van der Waals surface area (Å²) in [6, 6.07) is 3.22. The molecule has 0 aromatic heterocycles. The molecular formula is C18H24Cl2N4O3S. The second kappa shape index (κ2) is 9.45. The van der Waals surface area contributed by atoms with Gasteiger partial charge in [-0.25, -0.2) is 8.51 Å². The molecule has 2 N–H and O–H groups in total. The Hall–Kier alpha value is -1.32. The molecule has 0 aliphatic carbocycles. The summed E-state index contributed by atoms with van der Waals surface area (Å²) in [5.41, 5.74) is 0.377. The van der Waals surface area contributed by atoms with Crippen LogP contribution in [0.4, 0.5) is 5.69 Å². The van der Waals surface area contributed by atoms with Crippen molar-refractivity contribution in [3.05, 3.63) is 34.2 Å². The second-order valence-corrected chi connectivity index (χ2v) is 9.04. The second-order valence-electron chi connectivity index (χ2n) is 6.83. The first-order valence-corrected chi connectivity index (χ1v) is 11.0. The number of aromatic hydroxyl groups is 1. The minimum atomic E-state index is -1.11. The fraction of sp³-hybridized carbons (Fsp3) is 0.500. The predicted octanol–water partition coefficient (Wildman–Crippen LogP) is 2.14. The molecule has 0 bridgehead atoms. The normalized spacial score (nSPS) is 22.2. The van der Waals surface area contributed by atoms with Gasteiger partial charge in [-0.1, -0.05) is 29.8 Å². The number of phenolic OH excluding ortho intramolecular Hbond substituents is 1. The summed E-state index contributed by atoms with van der Waals surface area (Å²) in [6.45, 7) is 8.12. The van der Waals surface area contributed by atoms with E-state index in [4.69, 9.17) is 23.2 Å². The topological polar surface area (TPSA) is 76.1 Å². The van der Waals surface area contributed by atoms with Gasteiger partial charge in [0.2, 0.25) is 5.91 Å². The van der Waals surface area contributed by atoms with Gasteiger partial charge in [0.15, 0.2) is 0 Å². The van der Waals surface area contributed by atoms with E-state index >= 15 is 0 Å². The maximum absolute atomic E-state index is 12.5. The molecule has 2 saturated heterocycles. The Balaban J connectivity index is 1.46. The van der Waals surface area contributed by atoms with Crippen molar-refractivity contribution < 1.29 is 14.1 Å². The minimum Gasteiger partial charge on any atom is -0.506 e. The first-order valence-electron chi connectivity index (χ1n) is 9.11. The number of rotatable bonds is 6. The standard InChI is InChI=1S/C18H24Cl2N4O3S/c1-2-28(27)24-4-3-13(12-24)22-5-7-23(8-6-22)18(26)11-21-16-9-14(19)15(20)10-17(16)25/h2,9-10,13,21,25H,1,3-8,11-12H2. The number of phenols is 1. The minimum absolute atomic E-state index is 0.0362. The molecule has 0 saturated carbocycles. The molecule has 1 aromatic carbocycles. The van der Waals surface area contributed by atoms with E-state index in [1.807, 2.05) is 9.21 Å². The number of benzene rings is 1. The zero-order valence-corrected chi connectivity index (χ0v) is 17.8. The number of nitrogens with one attached hydrogen (secondary N) is 1. The zero-order chi connectivity index (χ0) is 20.3. The maximum atomic E-state index is 12.5. The smallest absolute Gasteiger partial charge is 0.241 e. The van der Waals surface area contributed by atoms with Crippen molar-refractivity contribution in [1.82, 2.24) is 14.1 Å². The average Bonchev–Trinajstić information content (AvgIpc) is 3.19. The van der Waals surface area contributed by atoms with Crippen molar-refractivity contribution in [2.24, 2.45) is 0 Å². The van der Waals surface area contributed by atoms with E-state index in [0.29, 0.717) is 29.8 Å². The highest BCUT2D eigenvalue weighted by Crippen LogP contribution is 2.33. The van der Waals surface area contributed by atoms with Gasteiger partial charge < -0.3 is 15.3 Å². The first-order chi connectivity index (χ1) is 13.4. The van der Waals surface area contributed by atoms with Gasteiger partial charge in [-0.05, 0) is 12.5 Å². The summed E-state index contributed by atoms with van der Waals surface area (Å²) < 4.78 is 13.8. The largest absolute Gasteiger partial charge is 0.506 e. The lowest BCUT2D eigenvalue weighted by atomic mass is 10.2. The van der Waals surface area contributed by atoms with Gasteiger partial charge in [0.25, 0.3) is 0 Å². The van der Waals surface area contributed by atoms with Crippen LogP contribution in [-0.2, 0) is 15.8 Å². The molecule has 2 atom stereocenters. The number of carbonyl (C=O) groups excluding carboxylic acids is 1. The van der Waals surface area contributed by atoms with Crippen LogP contribution in [0.1, 0.15) is 6.42 Å². The number of hydrogen-bond donors (Lipinski definition) is 2. The van der Waals surface area contributed by atoms with Gasteiger partial charge in [-0.3, -0.25) is 9.69 Å². The van der Waals surface area contributed by atoms with Crippen molar-refractivity contribution in [3.63, 3.8) is 0 Å². The molecule has 2 aliphatic heterocycles. The number of piperazine rings is 1. The Morgan fingerprint density at radius 1 is 1.25 bits per heavy atom. The molecule has 10 heteroatoms. The molecular weight excluding hydrogens is 423 g/mol. The number of nitrogens with zero attached hydrogens (tertiary/aromatic N) is 3. The Kier molecular flexibility index (Phi) is 7.22. The first kappa shape index (κ1) is 21.4. The van der Waals surface area contributed by atoms with E-state index in [1.54, 1.807) is 0 Å². The van der Waals surface area contributed by atoms with Crippen LogP contribution >= 0.6 is 23.2 Å². The maximum Gasteiger partial charge on any atom is 0.241 e. The highest BCUT2D eigenvalue weighted by molar-refractivity contribution is 7.85. The van der Waals surface area contributed by atoms with E-state index < -0.39 is 11.0 Å². The molecule has 2 fully saturated rings. The van der Waals surface area contributed by atoms with Crippen LogP contribution in [0.5, 0.6) is 5.75 Å². The SMILES string of the molecule is C=CS(=O)N1CCC(N2CCN(C(=O)CNc3cc(Cl)c(Cl)cc3O)CC2)C1. The van der Waals surface area contributed by atoms with Gasteiger partial charge in [-0.2, -0.15) is 0 Å². The highest BCUT2D eigenvalue weighted by atomic mass is 35.5. The number of amides is 1. The van der Waals surface area contributed by atoms with Crippen molar-refractivity contribution in [1.29, 1.82) is 0 Å². The average molecular weight is 447 g/mol. The lowest BCUT2D eigenvalue weighted by Crippen LogP contribution is -2.53. The van der Waals surface area contributed by atoms with Crippen LogP contribution in [0, 0.1) is 0 Å². The molecule has 7 nitrogen and oxygen atoms in total. The molecule has 0 spiro atoms. The number of hydrogen-bond acceptors (Lipinski definition) is 5. The van der Waals surface area contributed by atoms with Crippen LogP contribution in [0.25, 0.3) is 0 Å². The Morgan fingerprint density at radius 3 is 2.61 bits per heavy atom. The molecule has 2 unspecified atom stereocenters. The van der Waals surface area contributed by atoms with Crippen LogP contribution in [-0.4, -0.2) is 81.2 Å². The number of carbonyl (C=O) groups is 1. The molecule has 2 aliphatic rings. The molecule has 1 amide bonds. The van der Waals surface area contributed by atoms with E-state index in [-0.39, 0.29) is 23.2 Å². The summed E-state index contributed by atoms with van der Waals surface area (Å²) in [4.78, 5) is 16.7. The molecule has 154 valence electrons. The third-order valence-electron chi connectivity index (χ3n) is 5.18. The summed E-state index contributed by atoms with van der Waals surface area (Å²) in [5, 5.41) is 14.9. The van der Waals surface area contributed by atoms with Crippen molar-refractivity contribution in [2.75, 3.05) is 51.1 Å². The molecule has 1 aromatic rings. The van der Waals surface area contributed by atoms with Gasteiger partial charge in [0, 0.05) is 56.8 Å². The Bertz CT molecular complexity index is 771. The molecule has 28 heavy (non-hydrogen) atoms. The Morgan fingerprint density at radius 2 is 1.93 bits per heavy atom. The lowest BCUT2D eigenvalue weighted by Gasteiger charge is -2.38. The van der Waals surface area contributed by atoms with Crippen LogP contribution in [0.15, 0.2) is 24.1 Å². The van der Waals surface area contributed by atoms with Crippen LogP contribution < -0.4 is 5.32 Å². The van der Waals surface area contributed by atoms with Gasteiger partial charge in [-0.15, -0.1) is 0 Å². The third kappa shape index (κ3) is 4.99. The fourth-order valence-corrected chi connectivity index (χ4v) is 4.71. The van der Waals surface area contributed by atoms with Crippen molar-refractivity contribution >= 4 is 45.8 Å². The van der Waals surface area contributed by atoms with Gasteiger partial charge in [0.1, 0.15) is 16.7 Å². The Labute approximate surface area is 177 Å². The van der Waals surface area contributed by atoms with Crippen molar-refractivity contribution in [2.45, 2.75) is 12.5 Å². The van der Waals surface area contributed by atoms with Gasteiger partial charge in [0.05, 0.1) is 22.3 Å². The summed E-state index contributed by atoms with van der Waals surface area (Å²) >= 11 is 11.8. The zero-order valence-electron chi connectivity index (χ0n) is 15.4. The summed E-state index contributed by atoms with van der Waals surface area (Å²) in [7, 11) is -1.11. The molecule has 3 rings (SSSR count). The van der Waals surface area contributed by atoms with E-state index in [1.165, 1.54) is 17.5 Å². The van der Waals surface area contributed by atoms with Crippen LogP contribution in [0.2, 0.25) is 10.0 Å². The van der Waals surface area contributed by atoms with Gasteiger partial charge >= 0.3 is 0 Å². The third-order valence-corrected chi connectivity index (χ3v) is 7.02. The summed E-state index contributed by atoms with van der Waals surface area (Å²) in [6.07, 6.45) is 0.978. The van der Waals surface area contributed by atoms with E-state index in [2.05, 4.69) is 16.8 Å². The fourth-order valence-electron chi connectivity index (χ4n) is 3.57. The number of halogens is 2. The van der Waals surface area contributed by atoms with E-state index in [9.17, 15) is 14.1 Å². The number of anilines is 1. The summed E-state index contributed by atoms with van der Waals surface area (Å²) in [5.74, 6) is -0.0827. The lowest BCUT2D eigenvalue weighted by molar-refractivity contribution is -0.131. The van der Waals surface area contributed by atoms with E-state index in [0.717, 1.165) is 32.6 Å². The highest BCUT2D eigenvalue weighted by Gasteiger charge is 2.32. The molecule has 2 heterocycles. The van der Waals surface area contributed by atoms with Crippen molar-refractivity contribution in [3.8, 4) is 5.75 Å². The quantitative estimate of drug-likeness (QED) is 0.654. The predicted molar refractivity (Wildman–Crippen MR) is 113 cm³/mol.